The summed E-state index contributed by atoms with van der Waals surface area (Å²) in [6.07, 6.45) is 4.91. The third kappa shape index (κ3) is 7.33. The van der Waals surface area contributed by atoms with Crippen LogP contribution < -0.4 is 10.8 Å². The highest BCUT2D eigenvalue weighted by molar-refractivity contribution is 7.99. The van der Waals surface area contributed by atoms with E-state index in [1.165, 1.54) is 0 Å². The van der Waals surface area contributed by atoms with E-state index in [0.717, 1.165) is 24.1 Å². The zero-order valence-electron chi connectivity index (χ0n) is 22.2. The number of hydrogen-bond acceptors (Lipinski definition) is 8. The fraction of sp³-hybridized carbons (Fsp3) is 0.750. The van der Waals surface area contributed by atoms with Gasteiger partial charge < -0.3 is 24.3 Å². The second-order valence-corrected chi connectivity index (χ2v) is 12.3. The van der Waals surface area contributed by atoms with Crippen LogP contribution in [0.5, 0.6) is 0 Å². The second kappa shape index (κ2) is 10.6. The number of amides is 2. The monoisotopic (exact) mass is 506 g/mol. The summed E-state index contributed by atoms with van der Waals surface area (Å²) in [7, 11) is -0.478. The molecule has 0 aromatic carbocycles. The van der Waals surface area contributed by atoms with Crippen molar-refractivity contribution in [1.29, 1.82) is 0 Å². The van der Waals surface area contributed by atoms with Crippen molar-refractivity contribution in [3.8, 4) is 0 Å². The molecule has 0 spiro atoms. The molecular formula is C24H39BN4O5S. The average molecular weight is 506 g/mol. The van der Waals surface area contributed by atoms with E-state index in [-0.39, 0.29) is 5.91 Å². The van der Waals surface area contributed by atoms with Gasteiger partial charge in [0.2, 0.25) is 5.91 Å². The molecule has 2 aliphatic heterocycles. The molecule has 1 aromatic heterocycles. The molecule has 0 radical (unpaired) electrons. The lowest BCUT2D eigenvalue weighted by atomic mass is 9.81. The highest BCUT2D eigenvalue weighted by atomic mass is 32.2. The van der Waals surface area contributed by atoms with Crippen LogP contribution in [0.3, 0.4) is 0 Å². The molecule has 0 bridgehead atoms. The van der Waals surface area contributed by atoms with E-state index < -0.39 is 36.1 Å². The van der Waals surface area contributed by atoms with Crippen LogP contribution in [0.25, 0.3) is 0 Å². The lowest BCUT2D eigenvalue weighted by Crippen LogP contribution is -2.51. The molecule has 2 aliphatic rings. The van der Waals surface area contributed by atoms with Crippen LogP contribution >= 0.6 is 11.8 Å². The largest absolute Gasteiger partial charge is 0.498 e. The van der Waals surface area contributed by atoms with Crippen molar-refractivity contribution in [3.05, 3.63) is 12.4 Å². The fourth-order valence-electron chi connectivity index (χ4n) is 3.92. The van der Waals surface area contributed by atoms with Gasteiger partial charge >= 0.3 is 13.2 Å². The minimum atomic E-state index is -0.637. The SMILES string of the molecule is C[C@H](NC(=O)OC(C)(C)C)C(=O)N1CCC[C@@H](CSc2ncc(B3OC(C)(C)C(C)(C)O3)cn2)C1. The Labute approximate surface area is 213 Å². The zero-order valence-corrected chi connectivity index (χ0v) is 23.0. The van der Waals surface area contributed by atoms with Crippen molar-refractivity contribution in [3.63, 3.8) is 0 Å². The molecule has 9 nitrogen and oxygen atoms in total. The number of carbonyl (C=O) groups is 2. The van der Waals surface area contributed by atoms with Gasteiger partial charge in [0.25, 0.3) is 0 Å². The maximum Gasteiger partial charge on any atom is 0.498 e. The number of aromatic nitrogens is 2. The number of likely N-dealkylation sites (tertiary alicyclic amines) is 1. The summed E-state index contributed by atoms with van der Waals surface area (Å²) in [5, 5.41) is 3.34. The molecule has 1 N–H and O–H groups in total. The van der Waals surface area contributed by atoms with E-state index in [9.17, 15) is 9.59 Å². The van der Waals surface area contributed by atoms with Gasteiger partial charge in [-0.2, -0.15) is 0 Å². The maximum absolute atomic E-state index is 12.9. The van der Waals surface area contributed by atoms with E-state index >= 15 is 0 Å². The average Bonchev–Trinajstić information content (AvgIpc) is 2.97. The molecule has 2 fully saturated rings. The predicted octanol–water partition coefficient (Wildman–Crippen LogP) is 3.02. The fourth-order valence-corrected chi connectivity index (χ4v) is 4.83. The quantitative estimate of drug-likeness (QED) is 0.357. The van der Waals surface area contributed by atoms with E-state index in [1.54, 1.807) is 51.9 Å². The molecule has 35 heavy (non-hydrogen) atoms. The molecule has 0 saturated carbocycles. The first-order chi connectivity index (χ1) is 16.2. The normalized spacial score (nSPS) is 22.6. The summed E-state index contributed by atoms with van der Waals surface area (Å²) in [5.74, 6) is 1.06. The van der Waals surface area contributed by atoms with Crippen molar-refractivity contribution < 1.29 is 23.6 Å². The van der Waals surface area contributed by atoms with E-state index in [1.807, 2.05) is 32.6 Å². The predicted molar refractivity (Wildman–Crippen MR) is 137 cm³/mol. The Hall–Kier alpha value is -1.85. The van der Waals surface area contributed by atoms with Crippen LogP contribution in [0.15, 0.2) is 17.6 Å². The van der Waals surface area contributed by atoms with Gasteiger partial charge in [-0.05, 0) is 74.1 Å². The Bertz CT molecular complexity index is 890. The Morgan fingerprint density at radius 3 is 2.40 bits per heavy atom. The molecule has 0 unspecified atom stereocenters. The topological polar surface area (TPSA) is 103 Å². The molecule has 11 heteroatoms. The van der Waals surface area contributed by atoms with Gasteiger partial charge in [-0.1, -0.05) is 11.8 Å². The third-order valence-corrected chi connectivity index (χ3v) is 7.66. The van der Waals surface area contributed by atoms with Crippen LogP contribution in [-0.4, -0.2) is 75.7 Å². The molecule has 2 amide bonds. The van der Waals surface area contributed by atoms with Crippen LogP contribution in [-0.2, 0) is 18.8 Å². The minimum Gasteiger partial charge on any atom is -0.444 e. The minimum absolute atomic E-state index is 0.0893. The molecule has 1 aromatic rings. The van der Waals surface area contributed by atoms with Gasteiger partial charge in [-0.25, -0.2) is 14.8 Å². The molecular weight excluding hydrogens is 467 g/mol. The summed E-state index contributed by atoms with van der Waals surface area (Å²) in [5.41, 5.74) is -0.621. The van der Waals surface area contributed by atoms with Crippen LogP contribution in [0.2, 0.25) is 0 Å². The summed E-state index contributed by atoms with van der Waals surface area (Å²) >= 11 is 1.59. The van der Waals surface area contributed by atoms with Crippen molar-refractivity contribution in [2.24, 2.45) is 5.92 Å². The Morgan fingerprint density at radius 2 is 1.83 bits per heavy atom. The Balaban J connectivity index is 1.48. The number of piperidine rings is 1. The second-order valence-electron chi connectivity index (χ2n) is 11.4. The molecule has 3 heterocycles. The van der Waals surface area contributed by atoms with Crippen LogP contribution in [0, 0.1) is 5.92 Å². The van der Waals surface area contributed by atoms with Gasteiger partial charge in [-0.15, -0.1) is 0 Å². The Kier molecular flexibility index (Phi) is 8.43. The van der Waals surface area contributed by atoms with Gasteiger partial charge in [0, 0.05) is 36.7 Å². The highest BCUT2D eigenvalue weighted by Gasteiger charge is 2.52. The number of hydrogen-bond donors (Lipinski definition) is 1. The molecule has 2 atom stereocenters. The van der Waals surface area contributed by atoms with Crippen LogP contribution in [0.4, 0.5) is 4.79 Å². The van der Waals surface area contributed by atoms with E-state index in [4.69, 9.17) is 14.0 Å². The highest BCUT2D eigenvalue weighted by Crippen LogP contribution is 2.36. The van der Waals surface area contributed by atoms with Gasteiger partial charge in [0.15, 0.2) is 5.16 Å². The number of nitrogens with zero attached hydrogens (tertiary/aromatic N) is 3. The standard InChI is InChI=1S/C24H39BN4O5S/c1-16(28-21(31)32-22(2,3)4)19(30)29-11-9-10-17(14-29)15-35-20-26-12-18(13-27-20)25-33-23(5,6)24(7,8)34-25/h12-13,16-17H,9-11,14-15H2,1-8H3,(H,28,31)/t16-,17+/m0/s1. The zero-order chi connectivity index (χ0) is 26.0. The lowest BCUT2D eigenvalue weighted by molar-refractivity contribution is -0.134. The molecule has 3 rings (SSSR count). The van der Waals surface area contributed by atoms with Crippen molar-refractivity contribution in [1.82, 2.24) is 20.2 Å². The lowest BCUT2D eigenvalue weighted by Gasteiger charge is -2.34. The number of alkyl carbamates (subject to hydrolysis) is 1. The van der Waals surface area contributed by atoms with Crippen molar-refractivity contribution in [2.75, 3.05) is 18.8 Å². The summed E-state index contributed by atoms with van der Waals surface area (Å²) in [4.78, 5) is 35.7. The first-order valence-corrected chi connectivity index (χ1v) is 13.2. The Morgan fingerprint density at radius 1 is 1.23 bits per heavy atom. The van der Waals surface area contributed by atoms with E-state index in [2.05, 4.69) is 15.3 Å². The van der Waals surface area contributed by atoms with E-state index in [0.29, 0.717) is 24.2 Å². The molecule has 2 saturated heterocycles. The number of thioether (sulfide) groups is 1. The number of rotatable bonds is 6. The smallest absolute Gasteiger partial charge is 0.444 e. The van der Waals surface area contributed by atoms with Gasteiger partial charge in [-0.3, -0.25) is 4.79 Å². The first kappa shape index (κ1) is 27.7. The molecule has 0 aliphatic carbocycles. The van der Waals surface area contributed by atoms with Crippen molar-refractivity contribution in [2.45, 2.75) is 96.2 Å². The number of nitrogens with one attached hydrogen (secondary N) is 1. The molecule has 194 valence electrons. The number of ether oxygens (including phenoxy) is 1. The van der Waals surface area contributed by atoms with Crippen LogP contribution in [0.1, 0.15) is 68.2 Å². The maximum atomic E-state index is 12.9. The summed E-state index contributed by atoms with van der Waals surface area (Å²) in [6, 6.07) is -0.637. The third-order valence-electron chi connectivity index (χ3n) is 6.56. The summed E-state index contributed by atoms with van der Waals surface area (Å²) in [6.45, 7) is 16.5. The first-order valence-electron chi connectivity index (χ1n) is 12.3. The summed E-state index contributed by atoms with van der Waals surface area (Å²) < 4.78 is 17.4. The van der Waals surface area contributed by atoms with Crippen molar-refractivity contribution >= 4 is 36.3 Å². The van der Waals surface area contributed by atoms with Gasteiger partial charge in [0.05, 0.1) is 11.2 Å². The van der Waals surface area contributed by atoms with Gasteiger partial charge in [0.1, 0.15) is 11.6 Å². The number of carbonyl (C=O) groups excluding carboxylic acids is 2.